The lowest BCUT2D eigenvalue weighted by Crippen LogP contribution is -2.35. The van der Waals surface area contributed by atoms with Crippen molar-refractivity contribution in [3.8, 4) is 0 Å². The van der Waals surface area contributed by atoms with Gasteiger partial charge < -0.3 is 9.84 Å². The molecule has 0 bridgehead atoms. The van der Waals surface area contributed by atoms with Crippen LogP contribution < -0.4 is 0 Å². The number of rotatable bonds is 2. The molecule has 0 aliphatic carbocycles. The average Bonchev–Trinajstić information content (AvgIpc) is 1.93. The molecule has 0 unspecified atom stereocenters. The van der Waals surface area contributed by atoms with Gasteiger partial charge in [0.25, 0.3) is 0 Å². The van der Waals surface area contributed by atoms with Crippen LogP contribution >= 0.6 is 0 Å². The van der Waals surface area contributed by atoms with Crippen molar-refractivity contribution < 1.29 is 14.6 Å². The largest absolute Gasteiger partial charge is 0.390 e. The van der Waals surface area contributed by atoms with E-state index in [0.717, 1.165) is 12.8 Å². The monoisotopic (exact) mass is 158 g/mol. The number of hydrogen-bond donors (Lipinski definition) is 1. The number of carbonyl (C=O) groups is 1. The zero-order chi connectivity index (χ0) is 8.27. The van der Waals surface area contributed by atoms with Crippen molar-refractivity contribution in [3.05, 3.63) is 0 Å². The minimum atomic E-state index is -0.437. The molecule has 1 heterocycles. The van der Waals surface area contributed by atoms with Crippen LogP contribution in [0.15, 0.2) is 0 Å². The highest BCUT2D eigenvalue weighted by molar-refractivity contribution is 5.76. The Bertz CT molecular complexity index is 144. The van der Waals surface area contributed by atoms with Crippen molar-refractivity contribution in [1.82, 2.24) is 0 Å². The van der Waals surface area contributed by atoms with Crippen LogP contribution in [0.4, 0.5) is 0 Å². The number of aliphatic hydroxyl groups is 1. The van der Waals surface area contributed by atoms with Gasteiger partial charge in [-0.3, -0.25) is 4.79 Å². The van der Waals surface area contributed by atoms with E-state index in [1.165, 1.54) is 6.92 Å². The summed E-state index contributed by atoms with van der Waals surface area (Å²) < 4.78 is 5.23. The maximum absolute atomic E-state index is 10.7. The molecule has 1 fully saturated rings. The van der Waals surface area contributed by atoms with Gasteiger partial charge in [0.15, 0.2) is 0 Å². The second-order valence-electron chi connectivity index (χ2n) is 3.02. The van der Waals surface area contributed by atoms with Gasteiger partial charge in [-0.25, -0.2) is 0 Å². The lowest BCUT2D eigenvalue weighted by atomic mass is 10.0. The molecule has 1 rings (SSSR count). The van der Waals surface area contributed by atoms with Gasteiger partial charge in [0.2, 0.25) is 0 Å². The molecular weight excluding hydrogens is 144 g/mol. The van der Waals surface area contributed by atoms with Gasteiger partial charge in [-0.1, -0.05) is 0 Å². The first-order valence-corrected chi connectivity index (χ1v) is 3.99. The minimum absolute atomic E-state index is 0.0796. The standard InChI is InChI=1S/C8H14O3/c1-6(9)5-8-7(10)3-2-4-11-8/h7-8,10H,2-5H2,1H3/t7-,8+/m0/s1. The van der Waals surface area contributed by atoms with E-state index in [-0.39, 0.29) is 11.9 Å². The van der Waals surface area contributed by atoms with E-state index < -0.39 is 6.10 Å². The van der Waals surface area contributed by atoms with Crippen molar-refractivity contribution in [3.63, 3.8) is 0 Å². The summed E-state index contributed by atoms with van der Waals surface area (Å²) in [5.41, 5.74) is 0. The van der Waals surface area contributed by atoms with E-state index in [1.807, 2.05) is 0 Å². The Hall–Kier alpha value is -0.410. The summed E-state index contributed by atoms with van der Waals surface area (Å²) in [6.07, 6.45) is 1.32. The van der Waals surface area contributed by atoms with E-state index in [2.05, 4.69) is 0 Å². The second-order valence-corrected chi connectivity index (χ2v) is 3.02. The van der Waals surface area contributed by atoms with Crippen LogP contribution in [0.1, 0.15) is 26.2 Å². The highest BCUT2D eigenvalue weighted by Gasteiger charge is 2.24. The molecule has 1 aliphatic rings. The molecule has 1 aliphatic heterocycles. The molecule has 1 saturated heterocycles. The van der Waals surface area contributed by atoms with Crippen molar-refractivity contribution >= 4 is 5.78 Å². The van der Waals surface area contributed by atoms with Crippen LogP contribution in [-0.2, 0) is 9.53 Å². The maximum Gasteiger partial charge on any atom is 0.132 e. The molecule has 0 aromatic heterocycles. The molecule has 0 amide bonds. The van der Waals surface area contributed by atoms with Gasteiger partial charge in [-0.2, -0.15) is 0 Å². The Kier molecular flexibility index (Phi) is 3.02. The molecule has 2 atom stereocenters. The summed E-state index contributed by atoms with van der Waals surface area (Å²) in [5, 5.41) is 9.34. The molecule has 64 valence electrons. The topological polar surface area (TPSA) is 46.5 Å². The quantitative estimate of drug-likeness (QED) is 0.636. The third-order valence-electron chi connectivity index (χ3n) is 1.89. The predicted octanol–water partition coefficient (Wildman–Crippen LogP) is 0.505. The van der Waals surface area contributed by atoms with Gasteiger partial charge in [0.05, 0.1) is 12.2 Å². The first-order chi connectivity index (χ1) is 5.20. The second kappa shape index (κ2) is 3.83. The third kappa shape index (κ3) is 2.60. The van der Waals surface area contributed by atoms with Crippen LogP contribution in [-0.4, -0.2) is 29.7 Å². The fraction of sp³-hybridized carbons (Fsp3) is 0.875. The van der Waals surface area contributed by atoms with Gasteiger partial charge in [-0.05, 0) is 19.8 Å². The Morgan fingerprint density at radius 1 is 1.73 bits per heavy atom. The smallest absolute Gasteiger partial charge is 0.132 e. The van der Waals surface area contributed by atoms with Crippen LogP contribution in [0, 0.1) is 0 Å². The Balaban J connectivity index is 2.35. The Labute approximate surface area is 66.4 Å². The number of aliphatic hydroxyl groups excluding tert-OH is 1. The van der Waals surface area contributed by atoms with E-state index in [0.29, 0.717) is 13.0 Å². The molecule has 11 heavy (non-hydrogen) atoms. The Morgan fingerprint density at radius 2 is 2.45 bits per heavy atom. The number of carbonyl (C=O) groups excluding carboxylic acids is 1. The number of ether oxygens (including phenoxy) is 1. The highest BCUT2D eigenvalue weighted by atomic mass is 16.5. The lowest BCUT2D eigenvalue weighted by molar-refractivity contribution is -0.126. The SMILES string of the molecule is CC(=O)C[C@H]1OCCC[C@@H]1O. The summed E-state index contributed by atoms with van der Waals surface area (Å²) >= 11 is 0. The first kappa shape index (κ1) is 8.68. The molecule has 1 N–H and O–H groups in total. The zero-order valence-corrected chi connectivity index (χ0v) is 6.75. The maximum atomic E-state index is 10.7. The minimum Gasteiger partial charge on any atom is -0.390 e. The first-order valence-electron chi connectivity index (χ1n) is 3.99. The third-order valence-corrected chi connectivity index (χ3v) is 1.89. The van der Waals surface area contributed by atoms with Crippen molar-refractivity contribution in [2.45, 2.75) is 38.4 Å². The predicted molar refractivity (Wildman–Crippen MR) is 40.3 cm³/mol. The van der Waals surface area contributed by atoms with Crippen molar-refractivity contribution in [1.29, 1.82) is 0 Å². The van der Waals surface area contributed by atoms with Gasteiger partial charge in [0.1, 0.15) is 5.78 Å². The molecule has 3 heteroatoms. The number of Topliss-reactive ketones (excluding diaryl/α,β-unsaturated/α-hetero) is 1. The van der Waals surface area contributed by atoms with E-state index >= 15 is 0 Å². The zero-order valence-electron chi connectivity index (χ0n) is 6.75. The van der Waals surface area contributed by atoms with Crippen molar-refractivity contribution in [2.24, 2.45) is 0 Å². The van der Waals surface area contributed by atoms with Gasteiger partial charge in [0, 0.05) is 13.0 Å². The summed E-state index contributed by atoms with van der Waals surface area (Å²) in [6.45, 7) is 2.19. The molecular formula is C8H14O3. The van der Waals surface area contributed by atoms with Gasteiger partial charge >= 0.3 is 0 Å². The average molecular weight is 158 g/mol. The highest BCUT2D eigenvalue weighted by Crippen LogP contribution is 2.16. The van der Waals surface area contributed by atoms with Crippen LogP contribution in [0.5, 0.6) is 0 Å². The van der Waals surface area contributed by atoms with Crippen LogP contribution in [0.2, 0.25) is 0 Å². The molecule has 0 radical (unpaired) electrons. The van der Waals surface area contributed by atoms with E-state index in [1.54, 1.807) is 0 Å². The fourth-order valence-corrected chi connectivity index (χ4v) is 1.30. The lowest BCUT2D eigenvalue weighted by Gasteiger charge is -2.26. The summed E-state index contributed by atoms with van der Waals surface area (Å²) in [4.78, 5) is 10.7. The van der Waals surface area contributed by atoms with Crippen LogP contribution in [0.25, 0.3) is 0 Å². The van der Waals surface area contributed by atoms with Gasteiger partial charge in [-0.15, -0.1) is 0 Å². The Morgan fingerprint density at radius 3 is 3.00 bits per heavy atom. The summed E-state index contributed by atoms with van der Waals surface area (Å²) in [5.74, 6) is 0.0796. The molecule has 3 nitrogen and oxygen atoms in total. The normalized spacial score (nSPS) is 31.8. The number of hydrogen-bond acceptors (Lipinski definition) is 3. The molecule has 0 saturated carbocycles. The van der Waals surface area contributed by atoms with Crippen molar-refractivity contribution in [2.75, 3.05) is 6.61 Å². The van der Waals surface area contributed by atoms with Crippen LogP contribution in [0.3, 0.4) is 0 Å². The summed E-state index contributed by atoms with van der Waals surface area (Å²) in [7, 11) is 0. The molecule has 0 aromatic carbocycles. The summed E-state index contributed by atoms with van der Waals surface area (Å²) in [6, 6.07) is 0. The molecule has 0 aromatic rings. The molecule has 0 spiro atoms. The fourth-order valence-electron chi connectivity index (χ4n) is 1.30. The number of ketones is 1. The van der Waals surface area contributed by atoms with E-state index in [9.17, 15) is 9.90 Å². The van der Waals surface area contributed by atoms with E-state index in [4.69, 9.17) is 4.74 Å².